The van der Waals surface area contributed by atoms with Gasteiger partial charge in [0.15, 0.2) is 5.78 Å². The number of nitrogens with one attached hydrogen (secondary N) is 1. The minimum Gasteiger partial charge on any atom is -0.346 e. The molecule has 1 heterocycles. The van der Waals surface area contributed by atoms with E-state index in [2.05, 4.69) is 31.3 Å². The van der Waals surface area contributed by atoms with Crippen molar-refractivity contribution in [3.8, 4) is 0 Å². The van der Waals surface area contributed by atoms with Gasteiger partial charge < -0.3 is 5.32 Å². The quantitative estimate of drug-likeness (QED) is 0.825. The molecule has 1 unspecified atom stereocenters. The van der Waals surface area contributed by atoms with Crippen LogP contribution in [0.15, 0.2) is 30.3 Å². The van der Waals surface area contributed by atoms with Crippen LogP contribution in [0.4, 0.5) is 0 Å². The molecule has 0 aromatic heterocycles. The molecule has 1 N–H and O–H groups in total. The van der Waals surface area contributed by atoms with E-state index in [1.807, 2.05) is 18.2 Å². The van der Waals surface area contributed by atoms with Crippen LogP contribution in [0, 0.1) is 11.8 Å². The van der Waals surface area contributed by atoms with Crippen LogP contribution in [0.1, 0.15) is 32.3 Å². The third-order valence-electron chi connectivity index (χ3n) is 3.58. The van der Waals surface area contributed by atoms with E-state index >= 15 is 0 Å². The van der Waals surface area contributed by atoms with Crippen LogP contribution in [0.25, 0.3) is 0 Å². The monoisotopic (exact) mass is 259 g/mol. The van der Waals surface area contributed by atoms with Gasteiger partial charge in [0.2, 0.25) is 5.91 Å². The van der Waals surface area contributed by atoms with Crippen molar-refractivity contribution in [1.29, 1.82) is 0 Å². The van der Waals surface area contributed by atoms with Crippen molar-refractivity contribution in [3.63, 3.8) is 0 Å². The first-order valence-electron chi connectivity index (χ1n) is 6.92. The minimum absolute atomic E-state index is 0.0478. The van der Waals surface area contributed by atoms with E-state index in [4.69, 9.17) is 0 Å². The van der Waals surface area contributed by atoms with Crippen molar-refractivity contribution >= 4 is 11.7 Å². The summed E-state index contributed by atoms with van der Waals surface area (Å²) >= 11 is 0. The molecule has 1 fully saturated rings. The first-order chi connectivity index (χ1) is 9.06. The molecule has 1 aromatic carbocycles. The highest BCUT2D eigenvalue weighted by atomic mass is 16.2. The molecule has 2 atom stereocenters. The number of Topliss-reactive ketones (excluding diaryl/α,β-unsaturated/α-hetero) is 1. The van der Waals surface area contributed by atoms with Crippen LogP contribution in [-0.2, 0) is 16.0 Å². The molecule has 1 aliphatic rings. The molecule has 0 aliphatic carbocycles. The first-order valence-corrected chi connectivity index (χ1v) is 6.92. The van der Waals surface area contributed by atoms with Crippen molar-refractivity contribution in [2.24, 2.45) is 11.8 Å². The lowest BCUT2D eigenvalue weighted by atomic mass is 9.84. The highest BCUT2D eigenvalue weighted by Gasteiger charge is 2.36. The van der Waals surface area contributed by atoms with E-state index in [0.717, 1.165) is 12.8 Å². The first kappa shape index (κ1) is 13.8. The number of carbonyl (C=O) groups excluding carboxylic acids is 2. The minimum atomic E-state index is -0.296. The van der Waals surface area contributed by atoms with Crippen LogP contribution in [0.5, 0.6) is 0 Å². The smallest absolute Gasteiger partial charge is 0.228 e. The predicted molar refractivity (Wildman–Crippen MR) is 74.6 cm³/mol. The molecule has 1 saturated heterocycles. The van der Waals surface area contributed by atoms with Crippen LogP contribution < -0.4 is 5.32 Å². The lowest BCUT2D eigenvalue weighted by Crippen LogP contribution is -2.38. The Kier molecular flexibility index (Phi) is 4.35. The van der Waals surface area contributed by atoms with Crippen LogP contribution in [0.2, 0.25) is 0 Å². The molecule has 0 radical (unpaired) electrons. The van der Waals surface area contributed by atoms with Crippen LogP contribution >= 0.6 is 0 Å². The molecule has 0 bridgehead atoms. The second-order valence-corrected chi connectivity index (χ2v) is 5.77. The Morgan fingerprint density at radius 1 is 1.21 bits per heavy atom. The zero-order chi connectivity index (χ0) is 13.8. The van der Waals surface area contributed by atoms with E-state index in [-0.39, 0.29) is 30.1 Å². The number of hydrogen-bond acceptors (Lipinski definition) is 2. The second-order valence-electron chi connectivity index (χ2n) is 5.77. The van der Waals surface area contributed by atoms with E-state index in [1.54, 1.807) is 0 Å². The van der Waals surface area contributed by atoms with Gasteiger partial charge in [0, 0.05) is 0 Å². The van der Waals surface area contributed by atoms with Crippen molar-refractivity contribution in [1.82, 2.24) is 5.32 Å². The lowest BCUT2D eigenvalue weighted by molar-refractivity contribution is -0.122. The number of amides is 1. The SMILES string of the molecule is CC(C)C[C@@H](Cc1ccccc1)C1NC(=O)CC1=O. The maximum absolute atomic E-state index is 11.9. The third kappa shape index (κ3) is 3.66. The topological polar surface area (TPSA) is 46.2 Å². The summed E-state index contributed by atoms with van der Waals surface area (Å²) in [4.78, 5) is 23.3. The fraction of sp³-hybridized carbons (Fsp3) is 0.500. The van der Waals surface area contributed by atoms with Crippen LogP contribution in [0.3, 0.4) is 0 Å². The summed E-state index contributed by atoms with van der Waals surface area (Å²) in [5, 5.41) is 2.84. The lowest BCUT2D eigenvalue weighted by Gasteiger charge is -2.24. The summed E-state index contributed by atoms with van der Waals surface area (Å²) in [5.41, 5.74) is 1.22. The molecular formula is C16H21NO2. The molecule has 2 rings (SSSR count). The molecule has 1 amide bonds. The maximum atomic E-state index is 11.9. The Balaban J connectivity index is 2.12. The third-order valence-corrected chi connectivity index (χ3v) is 3.58. The Morgan fingerprint density at radius 3 is 2.42 bits per heavy atom. The Bertz CT molecular complexity index is 453. The molecule has 1 aromatic rings. The van der Waals surface area contributed by atoms with E-state index in [1.165, 1.54) is 5.56 Å². The summed E-state index contributed by atoms with van der Waals surface area (Å²) in [6.07, 6.45) is 1.84. The normalized spacial score (nSPS) is 20.7. The fourth-order valence-corrected chi connectivity index (χ4v) is 2.81. The molecule has 102 valence electrons. The molecule has 0 saturated carbocycles. The molecule has 3 heteroatoms. The molecule has 1 aliphatic heterocycles. The largest absolute Gasteiger partial charge is 0.346 e. The zero-order valence-electron chi connectivity index (χ0n) is 11.6. The average molecular weight is 259 g/mol. The van der Waals surface area contributed by atoms with Gasteiger partial charge in [-0.3, -0.25) is 9.59 Å². The fourth-order valence-electron chi connectivity index (χ4n) is 2.81. The predicted octanol–water partition coefficient (Wildman–Crippen LogP) is 2.35. The van der Waals surface area contributed by atoms with Gasteiger partial charge in [-0.15, -0.1) is 0 Å². The van der Waals surface area contributed by atoms with E-state index < -0.39 is 0 Å². The van der Waals surface area contributed by atoms with Gasteiger partial charge >= 0.3 is 0 Å². The van der Waals surface area contributed by atoms with Gasteiger partial charge in [-0.1, -0.05) is 44.2 Å². The highest BCUT2D eigenvalue weighted by molar-refractivity contribution is 6.07. The second kappa shape index (κ2) is 6.00. The van der Waals surface area contributed by atoms with Gasteiger partial charge in [-0.25, -0.2) is 0 Å². The molecule has 0 spiro atoms. The van der Waals surface area contributed by atoms with Gasteiger partial charge in [-0.05, 0) is 30.2 Å². The van der Waals surface area contributed by atoms with Crippen molar-refractivity contribution in [3.05, 3.63) is 35.9 Å². The Labute approximate surface area is 114 Å². The van der Waals surface area contributed by atoms with Gasteiger partial charge in [0.25, 0.3) is 0 Å². The summed E-state index contributed by atoms with van der Waals surface area (Å²) < 4.78 is 0. The Hall–Kier alpha value is -1.64. The number of carbonyl (C=O) groups is 2. The Morgan fingerprint density at radius 2 is 1.89 bits per heavy atom. The van der Waals surface area contributed by atoms with Gasteiger partial charge in [0.05, 0.1) is 12.5 Å². The van der Waals surface area contributed by atoms with Crippen molar-refractivity contribution in [2.75, 3.05) is 0 Å². The maximum Gasteiger partial charge on any atom is 0.228 e. The number of hydrogen-bond donors (Lipinski definition) is 1. The number of benzene rings is 1. The van der Waals surface area contributed by atoms with Gasteiger partial charge in [-0.2, -0.15) is 0 Å². The van der Waals surface area contributed by atoms with Crippen molar-refractivity contribution in [2.45, 2.75) is 39.2 Å². The number of ketones is 1. The summed E-state index contributed by atoms with van der Waals surface area (Å²) in [5.74, 6) is 0.628. The summed E-state index contributed by atoms with van der Waals surface area (Å²) in [7, 11) is 0. The molecule has 19 heavy (non-hydrogen) atoms. The average Bonchev–Trinajstić information content (AvgIpc) is 2.68. The van der Waals surface area contributed by atoms with Crippen molar-refractivity contribution < 1.29 is 9.59 Å². The standard InChI is InChI=1S/C16H21NO2/c1-11(2)8-13(9-12-6-4-3-5-7-12)16-14(18)10-15(19)17-16/h3-7,11,13,16H,8-10H2,1-2H3,(H,17,19)/t13-,16?/m0/s1. The summed E-state index contributed by atoms with van der Waals surface area (Å²) in [6.45, 7) is 4.30. The van der Waals surface area contributed by atoms with Gasteiger partial charge in [0.1, 0.15) is 0 Å². The van der Waals surface area contributed by atoms with E-state index in [9.17, 15) is 9.59 Å². The highest BCUT2D eigenvalue weighted by Crippen LogP contribution is 2.24. The zero-order valence-corrected chi connectivity index (χ0v) is 11.6. The number of rotatable bonds is 5. The molecule has 3 nitrogen and oxygen atoms in total. The van der Waals surface area contributed by atoms with E-state index in [0.29, 0.717) is 5.92 Å². The molecular weight excluding hydrogens is 238 g/mol. The summed E-state index contributed by atoms with van der Waals surface area (Å²) in [6, 6.07) is 9.87. The van der Waals surface area contributed by atoms with Crippen LogP contribution in [-0.4, -0.2) is 17.7 Å².